The third-order valence-electron chi connectivity index (χ3n) is 5.16. The summed E-state index contributed by atoms with van der Waals surface area (Å²) in [5, 5.41) is 2.85. The fourth-order valence-electron chi connectivity index (χ4n) is 3.71. The standard InChI is InChI=1S/C23H34/c1-3-5-6-7-8-9-10-11-15-20(4-2)22-19-14-17-21-16-12-13-18-23(21)22/h12-14,16-20H,3-11,15H2,1-2H3. The normalized spacial score (nSPS) is 12.6. The molecule has 2 aromatic rings. The molecule has 1 unspecified atom stereocenters. The van der Waals surface area contributed by atoms with Crippen LogP contribution in [0.4, 0.5) is 0 Å². The van der Waals surface area contributed by atoms with Gasteiger partial charge in [-0.3, -0.25) is 0 Å². The highest BCUT2D eigenvalue weighted by atomic mass is 14.2. The lowest BCUT2D eigenvalue weighted by molar-refractivity contribution is 0.524. The predicted molar refractivity (Wildman–Crippen MR) is 104 cm³/mol. The van der Waals surface area contributed by atoms with Gasteiger partial charge in [-0.15, -0.1) is 0 Å². The molecule has 0 heteroatoms. The van der Waals surface area contributed by atoms with Gasteiger partial charge in [0.05, 0.1) is 0 Å². The van der Waals surface area contributed by atoms with E-state index in [2.05, 4.69) is 56.3 Å². The zero-order valence-corrected chi connectivity index (χ0v) is 15.2. The van der Waals surface area contributed by atoms with Gasteiger partial charge < -0.3 is 0 Å². The summed E-state index contributed by atoms with van der Waals surface area (Å²) in [6.07, 6.45) is 13.9. The maximum atomic E-state index is 2.35. The van der Waals surface area contributed by atoms with E-state index in [-0.39, 0.29) is 0 Å². The summed E-state index contributed by atoms with van der Waals surface area (Å²) in [4.78, 5) is 0. The first-order valence-electron chi connectivity index (χ1n) is 9.84. The van der Waals surface area contributed by atoms with Gasteiger partial charge in [-0.25, -0.2) is 0 Å². The smallest absolute Gasteiger partial charge is 0.0149 e. The van der Waals surface area contributed by atoms with Gasteiger partial charge in [0.15, 0.2) is 0 Å². The average molecular weight is 311 g/mol. The van der Waals surface area contributed by atoms with Gasteiger partial charge in [0.25, 0.3) is 0 Å². The molecule has 1 atom stereocenters. The van der Waals surface area contributed by atoms with Crippen LogP contribution in [0, 0.1) is 0 Å². The van der Waals surface area contributed by atoms with Crippen molar-refractivity contribution in [3.63, 3.8) is 0 Å². The van der Waals surface area contributed by atoms with Crippen molar-refractivity contribution >= 4 is 10.8 Å². The topological polar surface area (TPSA) is 0 Å². The molecule has 0 heterocycles. The van der Waals surface area contributed by atoms with E-state index < -0.39 is 0 Å². The Morgan fingerprint density at radius 1 is 0.696 bits per heavy atom. The molecule has 0 aliphatic rings. The largest absolute Gasteiger partial charge is 0.0654 e. The van der Waals surface area contributed by atoms with E-state index >= 15 is 0 Å². The van der Waals surface area contributed by atoms with Crippen LogP contribution in [0.3, 0.4) is 0 Å². The molecule has 0 saturated heterocycles. The number of benzene rings is 2. The third kappa shape index (κ3) is 5.68. The van der Waals surface area contributed by atoms with Gasteiger partial charge in [-0.2, -0.15) is 0 Å². The Morgan fingerprint density at radius 2 is 1.35 bits per heavy atom. The van der Waals surface area contributed by atoms with Crippen LogP contribution >= 0.6 is 0 Å². The van der Waals surface area contributed by atoms with Gasteiger partial charge in [0, 0.05) is 0 Å². The molecule has 2 aromatic carbocycles. The van der Waals surface area contributed by atoms with Crippen LogP contribution in [-0.2, 0) is 0 Å². The summed E-state index contributed by atoms with van der Waals surface area (Å²) >= 11 is 0. The van der Waals surface area contributed by atoms with Gasteiger partial charge >= 0.3 is 0 Å². The highest BCUT2D eigenvalue weighted by molar-refractivity contribution is 5.86. The summed E-state index contributed by atoms with van der Waals surface area (Å²) in [6, 6.07) is 15.7. The molecule has 0 N–H and O–H groups in total. The number of fused-ring (bicyclic) bond motifs is 1. The highest BCUT2D eigenvalue weighted by Crippen LogP contribution is 2.31. The minimum absolute atomic E-state index is 0.723. The highest BCUT2D eigenvalue weighted by Gasteiger charge is 2.11. The first-order valence-corrected chi connectivity index (χ1v) is 9.84. The van der Waals surface area contributed by atoms with E-state index in [1.54, 1.807) is 5.56 Å². The zero-order chi connectivity index (χ0) is 16.3. The Labute approximate surface area is 143 Å². The molecule has 0 bridgehead atoms. The minimum atomic E-state index is 0.723. The molecule has 2 rings (SSSR count). The fourth-order valence-corrected chi connectivity index (χ4v) is 3.71. The molecule has 0 radical (unpaired) electrons. The van der Waals surface area contributed by atoms with Crippen LogP contribution in [0.2, 0.25) is 0 Å². The molecule has 0 spiro atoms. The summed E-state index contributed by atoms with van der Waals surface area (Å²) < 4.78 is 0. The Morgan fingerprint density at radius 3 is 2.09 bits per heavy atom. The zero-order valence-electron chi connectivity index (χ0n) is 15.2. The van der Waals surface area contributed by atoms with Crippen molar-refractivity contribution in [3.8, 4) is 0 Å². The van der Waals surface area contributed by atoms with Crippen LogP contribution in [0.25, 0.3) is 10.8 Å². The van der Waals surface area contributed by atoms with Crippen molar-refractivity contribution < 1.29 is 0 Å². The molecule has 0 fully saturated rings. The van der Waals surface area contributed by atoms with Gasteiger partial charge in [-0.1, -0.05) is 108 Å². The lowest BCUT2D eigenvalue weighted by atomic mass is 9.87. The van der Waals surface area contributed by atoms with E-state index in [1.165, 1.54) is 75.0 Å². The minimum Gasteiger partial charge on any atom is -0.0654 e. The van der Waals surface area contributed by atoms with Crippen molar-refractivity contribution in [1.82, 2.24) is 0 Å². The molecule has 126 valence electrons. The van der Waals surface area contributed by atoms with Crippen LogP contribution < -0.4 is 0 Å². The Balaban J connectivity index is 1.81. The van der Waals surface area contributed by atoms with Crippen molar-refractivity contribution in [2.45, 2.75) is 84.0 Å². The van der Waals surface area contributed by atoms with E-state index in [4.69, 9.17) is 0 Å². The van der Waals surface area contributed by atoms with Crippen LogP contribution in [-0.4, -0.2) is 0 Å². The lowest BCUT2D eigenvalue weighted by Gasteiger charge is -2.17. The van der Waals surface area contributed by atoms with Gasteiger partial charge in [0.2, 0.25) is 0 Å². The summed E-state index contributed by atoms with van der Waals surface area (Å²) in [7, 11) is 0. The number of rotatable bonds is 11. The van der Waals surface area contributed by atoms with Crippen molar-refractivity contribution in [3.05, 3.63) is 48.0 Å². The quantitative estimate of drug-likeness (QED) is 0.370. The first-order chi connectivity index (χ1) is 11.4. The predicted octanol–water partition coefficient (Wildman–Crippen LogP) is 7.86. The number of hydrogen-bond donors (Lipinski definition) is 0. The van der Waals surface area contributed by atoms with Crippen molar-refractivity contribution in [2.24, 2.45) is 0 Å². The third-order valence-corrected chi connectivity index (χ3v) is 5.16. The van der Waals surface area contributed by atoms with E-state index in [9.17, 15) is 0 Å². The Hall–Kier alpha value is -1.30. The Kier molecular flexibility index (Phi) is 8.21. The average Bonchev–Trinajstić information content (AvgIpc) is 2.60. The van der Waals surface area contributed by atoms with Crippen LogP contribution in [0.15, 0.2) is 42.5 Å². The van der Waals surface area contributed by atoms with Crippen LogP contribution in [0.5, 0.6) is 0 Å². The monoisotopic (exact) mass is 310 g/mol. The van der Waals surface area contributed by atoms with Gasteiger partial charge in [0.1, 0.15) is 0 Å². The fraction of sp³-hybridized carbons (Fsp3) is 0.565. The molecule has 0 saturated carbocycles. The lowest BCUT2D eigenvalue weighted by Crippen LogP contribution is -1.99. The number of unbranched alkanes of at least 4 members (excludes halogenated alkanes) is 7. The summed E-state index contributed by atoms with van der Waals surface area (Å²) in [5.74, 6) is 0.723. The molecular weight excluding hydrogens is 276 g/mol. The molecule has 0 aromatic heterocycles. The Bertz CT molecular complexity index is 549. The second-order valence-electron chi connectivity index (χ2n) is 6.94. The van der Waals surface area contributed by atoms with E-state index in [1.807, 2.05) is 0 Å². The van der Waals surface area contributed by atoms with E-state index in [0.29, 0.717) is 0 Å². The number of hydrogen-bond acceptors (Lipinski definition) is 0. The molecule has 0 aliphatic heterocycles. The molecular formula is C23H34. The second-order valence-corrected chi connectivity index (χ2v) is 6.94. The van der Waals surface area contributed by atoms with Crippen molar-refractivity contribution in [1.29, 1.82) is 0 Å². The summed E-state index contributed by atoms with van der Waals surface area (Å²) in [5.41, 5.74) is 1.56. The first kappa shape index (κ1) is 18.0. The SMILES string of the molecule is CCCCCCCCCCC(CC)c1cccc2ccccc12. The molecule has 0 nitrogen and oxygen atoms in total. The van der Waals surface area contributed by atoms with Gasteiger partial charge in [-0.05, 0) is 35.1 Å². The van der Waals surface area contributed by atoms with E-state index in [0.717, 1.165) is 5.92 Å². The van der Waals surface area contributed by atoms with Crippen LogP contribution in [0.1, 0.15) is 89.5 Å². The summed E-state index contributed by atoms with van der Waals surface area (Å²) in [6.45, 7) is 4.63. The molecule has 0 aliphatic carbocycles. The molecule has 0 amide bonds. The maximum Gasteiger partial charge on any atom is -0.0149 e. The molecule has 23 heavy (non-hydrogen) atoms. The second kappa shape index (κ2) is 10.5. The maximum absolute atomic E-state index is 2.35. The van der Waals surface area contributed by atoms with Crippen molar-refractivity contribution in [2.75, 3.05) is 0 Å².